The van der Waals surface area contributed by atoms with E-state index in [1.807, 2.05) is 27.7 Å². The predicted octanol–water partition coefficient (Wildman–Crippen LogP) is 3.16. The van der Waals surface area contributed by atoms with Crippen LogP contribution in [0.5, 0.6) is 0 Å². The summed E-state index contributed by atoms with van der Waals surface area (Å²) < 4.78 is 3.87. The van der Waals surface area contributed by atoms with Gasteiger partial charge in [-0.25, -0.2) is 14.6 Å². The molecule has 1 unspecified atom stereocenters. The molecule has 29 heavy (non-hydrogen) atoms. The van der Waals surface area contributed by atoms with Crippen LogP contribution in [0.15, 0.2) is 43.0 Å². The number of nitrogens with two attached hydrogens (primary N) is 1. The summed E-state index contributed by atoms with van der Waals surface area (Å²) in [6.07, 6.45) is 8.00. The molecule has 8 nitrogen and oxygen atoms in total. The highest BCUT2D eigenvalue weighted by molar-refractivity contribution is 5.98. The highest BCUT2D eigenvalue weighted by atomic mass is 15.3. The van der Waals surface area contributed by atoms with Crippen molar-refractivity contribution < 1.29 is 0 Å². The molecule has 3 heterocycles. The number of nitrogen functional groups attached to an aromatic ring is 1. The lowest BCUT2D eigenvalue weighted by molar-refractivity contribution is 0.556. The maximum absolute atomic E-state index is 9.25. The van der Waals surface area contributed by atoms with Gasteiger partial charge >= 0.3 is 0 Å². The average Bonchev–Trinajstić information content (AvgIpc) is 3.27. The first-order valence-corrected chi connectivity index (χ1v) is 9.65. The fourth-order valence-electron chi connectivity index (χ4n) is 3.60. The number of nitriles is 1. The molecular formula is C21H20N8. The summed E-state index contributed by atoms with van der Waals surface area (Å²) in [6.45, 7) is 3.03. The van der Waals surface area contributed by atoms with Gasteiger partial charge in [0.05, 0.1) is 29.3 Å². The molecule has 1 aliphatic rings. The topological polar surface area (TPSA) is 111 Å². The Kier molecular flexibility index (Phi) is 4.02. The van der Waals surface area contributed by atoms with Crippen LogP contribution < -0.4 is 5.73 Å². The minimum atomic E-state index is -0.0762. The molecule has 4 aromatic rings. The second-order valence-corrected chi connectivity index (χ2v) is 7.56. The van der Waals surface area contributed by atoms with Gasteiger partial charge in [-0.05, 0) is 37.8 Å². The Labute approximate surface area is 167 Å². The van der Waals surface area contributed by atoms with Crippen LogP contribution in [0.3, 0.4) is 0 Å². The van der Waals surface area contributed by atoms with Crippen LogP contribution in [0.25, 0.3) is 22.3 Å². The number of aromatic nitrogens is 6. The lowest BCUT2D eigenvalue weighted by Gasteiger charge is -2.10. The molecule has 1 aromatic carbocycles. The Balaban J connectivity index is 1.61. The third-order valence-electron chi connectivity index (χ3n) is 5.43. The van der Waals surface area contributed by atoms with Gasteiger partial charge in [0.2, 0.25) is 0 Å². The first-order valence-electron chi connectivity index (χ1n) is 9.65. The van der Waals surface area contributed by atoms with Crippen molar-refractivity contribution in [3.8, 4) is 17.3 Å². The zero-order chi connectivity index (χ0) is 20.0. The molecule has 0 amide bonds. The molecule has 2 N–H and O–H groups in total. The molecule has 0 spiro atoms. The summed E-state index contributed by atoms with van der Waals surface area (Å²) in [7, 11) is 0. The number of rotatable bonds is 5. The molecule has 1 fully saturated rings. The van der Waals surface area contributed by atoms with Gasteiger partial charge in [-0.3, -0.25) is 4.68 Å². The predicted molar refractivity (Wildman–Crippen MR) is 109 cm³/mol. The van der Waals surface area contributed by atoms with Crippen LogP contribution in [-0.4, -0.2) is 29.5 Å². The number of hydrogen-bond acceptors (Lipinski definition) is 6. The van der Waals surface area contributed by atoms with Crippen LogP contribution in [0.4, 0.5) is 5.82 Å². The van der Waals surface area contributed by atoms with E-state index in [2.05, 4.69) is 34.3 Å². The SMILES string of the molecule is CC(c1cnn(CC2CC2)c1)n1nc(-c2cccc(C#N)c2)c2c(N)ncnc21. The molecule has 0 radical (unpaired) electrons. The largest absolute Gasteiger partial charge is 0.383 e. The van der Waals surface area contributed by atoms with E-state index in [4.69, 9.17) is 10.8 Å². The Bertz CT molecular complexity index is 1240. The fraction of sp³-hybridized carbons (Fsp3) is 0.286. The maximum Gasteiger partial charge on any atom is 0.164 e. The Hall–Kier alpha value is -3.73. The first kappa shape index (κ1) is 17.4. The molecule has 0 saturated heterocycles. The van der Waals surface area contributed by atoms with E-state index in [1.54, 1.807) is 12.1 Å². The highest BCUT2D eigenvalue weighted by Crippen LogP contribution is 2.34. The lowest BCUT2D eigenvalue weighted by atomic mass is 10.1. The molecule has 1 saturated carbocycles. The molecule has 1 aliphatic carbocycles. The van der Waals surface area contributed by atoms with Crippen LogP contribution in [-0.2, 0) is 6.54 Å². The molecule has 0 aliphatic heterocycles. The van der Waals surface area contributed by atoms with E-state index in [0.717, 1.165) is 23.6 Å². The van der Waals surface area contributed by atoms with Gasteiger partial charge in [0.1, 0.15) is 17.8 Å². The van der Waals surface area contributed by atoms with Crippen molar-refractivity contribution in [2.45, 2.75) is 32.4 Å². The molecule has 1 atom stereocenters. The van der Waals surface area contributed by atoms with Crippen molar-refractivity contribution in [2.24, 2.45) is 5.92 Å². The second kappa shape index (κ2) is 6.71. The Morgan fingerprint density at radius 1 is 1.31 bits per heavy atom. The van der Waals surface area contributed by atoms with E-state index in [-0.39, 0.29) is 6.04 Å². The van der Waals surface area contributed by atoms with Crippen molar-refractivity contribution in [1.29, 1.82) is 5.26 Å². The standard InChI is InChI=1S/C21H20N8/c1-13(17-9-26-28(11-17)10-14-5-6-14)29-21-18(20(23)24-12-25-21)19(27-29)16-4-2-3-15(7-16)8-22/h2-4,7,9,11-14H,5-6,10H2,1H3,(H2,23,24,25). The maximum atomic E-state index is 9.25. The van der Waals surface area contributed by atoms with Crippen molar-refractivity contribution >= 4 is 16.9 Å². The third kappa shape index (κ3) is 3.10. The van der Waals surface area contributed by atoms with E-state index in [9.17, 15) is 5.26 Å². The minimum Gasteiger partial charge on any atom is -0.383 e. The monoisotopic (exact) mass is 384 g/mol. The van der Waals surface area contributed by atoms with Crippen molar-refractivity contribution in [3.63, 3.8) is 0 Å². The first-order chi connectivity index (χ1) is 14.1. The van der Waals surface area contributed by atoms with Crippen LogP contribution in [0.1, 0.15) is 36.9 Å². The number of hydrogen-bond donors (Lipinski definition) is 1. The van der Waals surface area contributed by atoms with Gasteiger partial charge in [0, 0.05) is 23.9 Å². The van der Waals surface area contributed by atoms with Crippen molar-refractivity contribution in [2.75, 3.05) is 5.73 Å². The van der Waals surface area contributed by atoms with Gasteiger partial charge in [-0.1, -0.05) is 12.1 Å². The van der Waals surface area contributed by atoms with Crippen LogP contribution in [0.2, 0.25) is 0 Å². The Morgan fingerprint density at radius 2 is 2.17 bits per heavy atom. The molecule has 144 valence electrons. The summed E-state index contributed by atoms with van der Waals surface area (Å²) >= 11 is 0. The summed E-state index contributed by atoms with van der Waals surface area (Å²) in [5, 5.41) is 19.3. The summed E-state index contributed by atoms with van der Waals surface area (Å²) in [4.78, 5) is 8.62. The van der Waals surface area contributed by atoms with E-state index >= 15 is 0 Å². The fourth-order valence-corrected chi connectivity index (χ4v) is 3.60. The molecule has 5 rings (SSSR count). The second-order valence-electron chi connectivity index (χ2n) is 7.56. The highest BCUT2D eigenvalue weighted by Gasteiger charge is 2.24. The van der Waals surface area contributed by atoms with Gasteiger partial charge in [-0.15, -0.1) is 0 Å². The van der Waals surface area contributed by atoms with E-state index in [1.165, 1.54) is 19.2 Å². The number of fused-ring (bicyclic) bond motifs is 1. The number of benzene rings is 1. The zero-order valence-corrected chi connectivity index (χ0v) is 16.0. The van der Waals surface area contributed by atoms with Crippen LogP contribution in [0, 0.1) is 17.2 Å². The third-order valence-corrected chi connectivity index (χ3v) is 5.43. The molecule has 3 aromatic heterocycles. The Morgan fingerprint density at radius 3 is 2.97 bits per heavy atom. The van der Waals surface area contributed by atoms with E-state index < -0.39 is 0 Å². The summed E-state index contributed by atoms with van der Waals surface area (Å²) in [6, 6.07) is 9.41. The summed E-state index contributed by atoms with van der Waals surface area (Å²) in [5.41, 5.74) is 9.97. The molecule has 0 bridgehead atoms. The normalized spacial score (nSPS) is 14.8. The molecular weight excluding hydrogens is 364 g/mol. The summed E-state index contributed by atoms with van der Waals surface area (Å²) in [5.74, 6) is 1.13. The van der Waals surface area contributed by atoms with Crippen LogP contribution >= 0.6 is 0 Å². The van der Waals surface area contributed by atoms with Gasteiger partial charge < -0.3 is 5.73 Å². The van der Waals surface area contributed by atoms with Crippen molar-refractivity contribution in [3.05, 3.63) is 54.1 Å². The minimum absolute atomic E-state index is 0.0762. The zero-order valence-electron chi connectivity index (χ0n) is 16.0. The van der Waals surface area contributed by atoms with Gasteiger partial charge in [0.15, 0.2) is 5.65 Å². The van der Waals surface area contributed by atoms with Gasteiger partial charge in [-0.2, -0.15) is 15.5 Å². The van der Waals surface area contributed by atoms with Crippen molar-refractivity contribution in [1.82, 2.24) is 29.5 Å². The van der Waals surface area contributed by atoms with Gasteiger partial charge in [0.25, 0.3) is 0 Å². The quantitative estimate of drug-likeness (QED) is 0.566. The molecule has 8 heteroatoms. The smallest absolute Gasteiger partial charge is 0.164 e. The average molecular weight is 384 g/mol. The lowest BCUT2D eigenvalue weighted by Crippen LogP contribution is -2.09. The number of anilines is 1. The van der Waals surface area contributed by atoms with E-state index in [0.29, 0.717) is 28.1 Å². The number of nitrogens with zero attached hydrogens (tertiary/aromatic N) is 7.